The number of hydrogen-bond acceptors (Lipinski definition) is 2. The Balaban J connectivity index is 2.25. The van der Waals surface area contributed by atoms with E-state index in [1.54, 1.807) is 30.3 Å². The Hall–Kier alpha value is -1.35. The molecule has 0 atom stereocenters. The van der Waals surface area contributed by atoms with Crippen LogP contribution >= 0.6 is 0 Å². The van der Waals surface area contributed by atoms with Crippen LogP contribution in [0.2, 0.25) is 0 Å². The Morgan fingerprint density at radius 2 is 1.39 bits per heavy atom. The second kappa shape index (κ2) is 5.53. The van der Waals surface area contributed by atoms with Crippen LogP contribution in [0.5, 0.6) is 0 Å². The molecular weight excluding hydrogens is 311 g/mol. The first-order valence-electron chi connectivity index (χ1n) is 5.32. The first-order valence-corrected chi connectivity index (χ1v) is 8.52. The summed E-state index contributed by atoms with van der Waals surface area (Å²) in [5.41, 5.74) is 0. The number of rotatable bonds is 4. The molecule has 2 rings (SSSR count). The van der Waals surface area contributed by atoms with Crippen LogP contribution in [0.1, 0.15) is 0 Å². The van der Waals surface area contributed by atoms with E-state index in [4.69, 9.17) is 0 Å². The third-order valence-electron chi connectivity index (χ3n) is 2.33. The molecule has 0 unspecified atom stereocenters. The van der Waals surface area contributed by atoms with Gasteiger partial charge in [-0.05, 0) is 0 Å². The van der Waals surface area contributed by atoms with Gasteiger partial charge in [-0.3, -0.25) is 0 Å². The van der Waals surface area contributed by atoms with Crippen molar-refractivity contribution in [1.29, 1.82) is 0 Å². The quantitative estimate of drug-likeness (QED) is 0.806. The van der Waals surface area contributed by atoms with Crippen LogP contribution in [0, 0.1) is 0 Å². The molecule has 4 heteroatoms. The predicted molar refractivity (Wildman–Crippen MR) is 74.6 cm³/mol. The van der Waals surface area contributed by atoms with Crippen molar-refractivity contribution in [3.8, 4) is 0 Å². The van der Waals surface area contributed by atoms with Crippen molar-refractivity contribution in [2.24, 2.45) is 0 Å². The van der Waals surface area contributed by atoms with Gasteiger partial charge in [-0.2, -0.15) is 0 Å². The van der Waals surface area contributed by atoms with Gasteiger partial charge in [-0.25, -0.2) is 0 Å². The summed E-state index contributed by atoms with van der Waals surface area (Å²) in [5.74, 6) is 0. The van der Waals surface area contributed by atoms with Gasteiger partial charge >= 0.3 is 114 Å². The summed E-state index contributed by atoms with van der Waals surface area (Å²) in [4.78, 5) is 0.313. The third kappa shape index (κ3) is 2.91. The van der Waals surface area contributed by atoms with Gasteiger partial charge in [0.05, 0.1) is 0 Å². The van der Waals surface area contributed by atoms with E-state index < -0.39 is 9.84 Å². The molecule has 0 aliphatic carbocycles. The molecule has 2 aromatic rings. The summed E-state index contributed by atoms with van der Waals surface area (Å²) < 4.78 is 25.8. The minimum absolute atomic E-state index is 0.268. The summed E-state index contributed by atoms with van der Waals surface area (Å²) in [7, 11) is -3.40. The maximum absolute atomic E-state index is 12.3. The van der Waals surface area contributed by atoms with E-state index in [2.05, 4.69) is 6.58 Å². The summed E-state index contributed by atoms with van der Waals surface area (Å²) in [6, 6.07) is 18.0. The molecule has 0 bridgehead atoms. The molecule has 2 nitrogen and oxygen atoms in total. The topological polar surface area (TPSA) is 34.1 Å². The fraction of sp³-hybridized carbons (Fsp3) is 0. The molecule has 0 aliphatic rings. The van der Waals surface area contributed by atoms with E-state index in [0.29, 0.717) is 4.90 Å². The molecule has 0 radical (unpaired) electrons. The first kappa shape index (κ1) is 13.1. The molecule has 0 saturated heterocycles. The summed E-state index contributed by atoms with van der Waals surface area (Å²) in [6.07, 6.45) is 0. The molecule has 0 saturated carbocycles. The van der Waals surface area contributed by atoms with Crippen LogP contribution < -0.4 is 4.46 Å². The SMILES string of the molecule is C=C([Se]c1ccccc1)S(=O)(=O)c1ccccc1. The Labute approximate surface area is 113 Å². The van der Waals surface area contributed by atoms with E-state index in [0.717, 1.165) is 4.46 Å². The van der Waals surface area contributed by atoms with Crippen molar-refractivity contribution < 1.29 is 8.42 Å². The van der Waals surface area contributed by atoms with E-state index in [1.807, 2.05) is 30.3 Å². The minimum atomic E-state index is -3.40. The zero-order chi connectivity index (χ0) is 13.0. The molecule has 0 spiro atoms. The molecule has 2 aromatic carbocycles. The number of sulfone groups is 1. The number of hydrogen-bond donors (Lipinski definition) is 0. The Morgan fingerprint density at radius 3 is 1.94 bits per heavy atom. The molecule has 18 heavy (non-hydrogen) atoms. The predicted octanol–water partition coefficient (Wildman–Crippen LogP) is 1.96. The maximum atomic E-state index is 12.3. The average molecular weight is 323 g/mol. The van der Waals surface area contributed by atoms with Gasteiger partial charge in [-0.1, -0.05) is 0 Å². The molecular formula is C14H12O2SSe. The van der Waals surface area contributed by atoms with Crippen LogP contribution in [-0.4, -0.2) is 23.4 Å². The second-order valence-corrected chi connectivity index (χ2v) is 8.61. The van der Waals surface area contributed by atoms with Gasteiger partial charge in [0.25, 0.3) is 0 Å². The Bertz CT molecular complexity index is 634. The van der Waals surface area contributed by atoms with Crippen molar-refractivity contribution in [3.05, 3.63) is 71.0 Å². The molecule has 0 aromatic heterocycles. The molecule has 0 aliphatic heterocycles. The van der Waals surface area contributed by atoms with Crippen molar-refractivity contribution in [3.63, 3.8) is 0 Å². The zero-order valence-corrected chi connectivity index (χ0v) is 12.1. The Morgan fingerprint density at radius 1 is 0.889 bits per heavy atom. The fourth-order valence-electron chi connectivity index (χ4n) is 1.41. The van der Waals surface area contributed by atoms with E-state index in [1.165, 1.54) is 0 Å². The Kier molecular flexibility index (Phi) is 4.02. The molecule has 0 fully saturated rings. The standard InChI is InChI=1S/C14H12O2SSe/c1-12(18-14-10-6-3-7-11-14)17(15,16)13-8-4-2-5-9-13/h2-11H,1H2. The van der Waals surface area contributed by atoms with Crippen molar-refractivity contribution in [1.82, 2.24) is 0 Å². The van der Waals surface area contributed by atoms with Gasteiger partial charge in [0.1, 0.15) is 0 Å². The van der Waals surface area contributed by atoms with Gasteiger partial charge in [0.15, 0.2) is 0 Å². The van der Waals surface area contributed by atoms with Crippen LogP contribution in [0.25, 0.3) is 0 Å². The van der Waals surface area contributed by atoms with Gasteiger partial charge in [0.2, 0.25) is 0 Å². The normalized spacial score (nSPS) is 11.1. The van der Waals surface area contributed by atoms with Crippen LogP contribution in [0.3, 0.4) is 0 Å². The van der Waals surface area contributed by atoms with E-state index in [9.17, 15) is 8.42 Å². The summed E-state index contributed by atoms with van der Waals surface area (Å²) >= 11 is -0.268. The molecule has 0 amide bonds. The van der Waals surface area contributed by atoms with Crippen LogP contribution in [0.15, 0.2) is 75.9 Å². The fourth-order valence-corrected chi connectivity index (χ4v) is 5.26. The molecule has 92 valence electrons. The van der Waals surface area contributed by atoms with E-state index in [-0.39, 0.29) is 18.8 Å². The number of benzene rings is 2. The summed E-state index contributed by atoms with van der Waals surface area (Å²) in [5, 5.41) is 0. The summed E-state index contributed by atoms with van der Waals surface area (Å²) in [6.45, 7) is 3.74. The van der Waals surface area contributed by atoms with E-state index >= 15 is 0 Å². The van der Waals surface area contributed by atoms with Crippen molar-refractivity contribution >= 4 is 29.3 Å². The molecule has 0 N–H and O–H groups in total. The van der Waals surface area contributed by atoms with Gasteiger partial charge in [0, 0.05) is 0 Å². The monoisotopic (exact) mass is 324 g/mol. The van der Waals surface area contributed by atoms with Crippen molar-refractivity contribution in [2.45, 2.75) is 4.90 Å². The first-order chi connectivity index (χ1) is 8.60. The third-order valence-corrected chi connectivity index (χ3v) is 7.18. The average Bonchev–Trinajstić information content (AvgIpc) is 2.41. The van der Waals surface area contributed by atoms with Crippen LogP contribution in [0.4, 0.5) is 0 Å². The van der Waals surface area contributed by atoms with Gasteiger partial charge < -0.3 is 0 Å². The van der Waals surface area contributed by atoms with Crippen LogP contribution in [-0.2, 0) is 9.84 Å². The second-order valence-electron chi connectivity index (χ2n) is 3.60. The molecule has 0 heterocycles. The zero-order valence-electron chi connectivity index (χ0n) is 9.61. The van der Waals surface area contributed by atoms with Crippen molar-refractivity contribution in [2.75, 3.05) is 0 Å². The van der Waals surface area contributed by atoms with Gasteiger partial charge in [-0.15, -0.1) is 0 Å².